The summed E-state index contributed by atoms with van der Waals surface area (Å²) in [5.74, 6) is 0.630. The molecular formula is C16H21F2N. The summed E-state index contributed by atoms with van der Waals surface area (Å²) in [4.78, 5) is 0. The molecule has 1 aliphatic heterocycles. The van der Waals surface area contributed by atoms with Crippen LogP contribution in [0.15, 0.2) is 18.2 Å². The van der Waals surface area contributed by atoms with Crippen molar-refractivity contribution < 1.29 is 8.78 Å². The van der Waals surface area contributed by atoms with E-state index in [1.165, 1.54) is 31.7 Å². The van der Waals surface area contributed by atoms with Gasteiger partial charge in [-0.3, -0.25) is 0 Å². The third-order valence-electron chi connectivity index (χ3n) is 4.90. The van der Waals surface area contributed by atoms with Gasteiger partial charge < -0.3 is 5.32 Å². The maximum absolute atomic E-state index is 14.0. The lowest BCUT2D eigenvalue weighted by atomic mass is 9.73. The molecule has 0 bridgehead atoms. The minimum atomic E-state index is -0.479. The molecule has 1 saturated heterocycles. The predicted octanol–water partition coefficient (Wildman–Crippen LogP) is 3.85. The molecule has 1 aromatic carbocycles. The number of benzene rings is 1. The van der Waals surface area contributed by atoms with Crippen molar-refractivity contribution in [2.24, 2.45) is 11.8 Å². The van der Waals surface area contributed by atoms with Crippen molar-refractivity contribution in [1.82, 2.24) is 5.32 Å². The van der Waals surface area contributed by atoms with E-state index in [0.717, 1.165) is 31.1 Å². The molecule has 1 aromatic rings. The number of hydrogen-bond donors (Lipinski definition) is 1. The van der Waals surface area contributed by atoms with E-state index in [0.29, 0.717) is 11.8 Å². The van der Waals surface area contributed by atoms with Crippen molar-refractivity contribution >= 4 is 0 Å². The zero-order valence-electron chi connectivity index (χ0n) is 11.2. The van der Waals surface area contributed by atoms with Crippen molar-refractivity contribution in [3.05, 3.63) is 35.4 Å². The van der Waals surface area contributed by atoms with Crippen molar-refractivity contribution in [2.45, 2.75) is 38.0 Å². The fourth-order valence-electron chi connectivity index (χ4n) is 3.95. The average molecular weight is 265 g/mol. The Balaban J connectivity index is 1.86. The van der Waals surface area contributed by atoms with Gasteiger partial charge in [-0.15, -0.1) is 0 Å². The summed E-state index contributed by atoms with van der Waals surface area (Å²) < 4.78 is 27.1. The molecule has 0 amide bonds. The Bertz CT molecular complexity index is 440. The van der Waals surface area contributed by atoms with E-state index in [1.54, 1.807) is 6.07 Å². The second-order valence-electron chi connectivity index (χ2n) is 5.97. The minimum absolute atomic E-state index is 0.255. The second-order valence-corrected chi connectivity index (χ2v) is 5.97. The third kappa shape index (κ3) is 2.66. The molecule has 0 aromatic heterocycles. The quantitative estimate of drug-likeness (QED) is 0.856. The molecule has 3 heteroatoms. The number of nitrogens with one attached hydrogen (secondary N) is 1. The van der Waals surface area contributed by atoms with Crippen LogP contribution in [0.1, 0.15) is 43.6 Å². The topological polar surface area (TPSA) is 12.0 Å². The molecule has 2 unspecified atom stereocenters. The van der Waals surface area contributed by atoms with E-state index in [9.17, 15) is 8.78 Å². The smallest absolute Gasteiger partial charge is 0.129 e. The maximum atomic E-state index is 14.0. The molecule has 0 radical (unpaired) electrons. The lowest BCUT2D eigenvalue weighted by Crippen LogP contribution is -2.39. The second kappa shape index (κ2) is 5.58. The normalized spacial score (nSPS) is 28.7. The van der Waals surface area contributed by atoms with Crippen LogP contribution >= 0.6 is 0 Å². The highest BCUT2D eigenvalue weighted by molar-refractivity contribution is 5.24. The molecule has 0 spiro atoms. The average Bonchev–Trinajstić information content (AvgIpc) is 2.93. The summed E-state index contributed by atoms with van der Waals surface area (Å²) in [6.07, 6.45) is 6.11. The summed E-state index contributed by atoms with van der Waals surface area (Å²) in [7, 11) is 0. The van der Waals surface area contributed by atoms with Gasteiger partial charge in [-0.25, -0.2) is 8.78 Å². The van der Waals surface area contributed by atoms with Gasteiger partial charge in [-0.05, 0) is 48.9 Å². The molecule has 1 saturated carbocycles. The molecule has 104 valence electrons. The van der Waals surface area contributed by atoms with E-state index in [-0.39, 0.29) is 11.7 Å². The Morgan fingerprint density at radius 3 is 2.58 bits per heavy atom. The first-order valence-corrected chi connectivity index (χ1v) is 7.41. The molecule has 2 atom stereocenters. The maximum Gasteiger partial charge on any atom is 0.129 e. The fraction of sp³-hybridized carbons (Fsp3) is 0.625. The van der Waals surface area contributed by atoms with Gasteiger partial charge in [0.2, 0.25) is 0 Å². The molecule has 1 heterocycles. The standard InChI is InChI=1S/C16H21F2N/c17-12-5-6-14(16(18)9-12)13-7-8-19-10-15(13)11-3-1-2-4-11/h5-6,9,11,13,15,19H,1-4,7-8,10H2. The molecule has 2 fully saturated rings. The van der Waals surface area contributed by atoms with Gasteiger partial charge in [-0.1, -0.05) is 31.7 Å². The van der Waals surface area contributed by atoms with Crippen LogP contribution in [0.5, 0.6) is 0 Å². The van der Waals surface area contributed by atoms with Gasteiger partial charge in [0, 0.05) is 6.07 Å². The molecule has 1 aliphatic carbocycles. The van der Waals surface area contributed by atoms with Crippen molar-refractivity contribution in [3.8, 4) is 0 Å². The third-order valence-corrected chi connectivity index (χ3v) is 4.90. The fourth-order valence-corrected chi connectivity index (χ4v) is 3.95. The van der Waals surface area contributed by atoms with E-state index < -0.39 is 5.82 Å². The van der Waals surface area contributed by atoms with E-state index in [2.05, 4.69) is 5.32 Å². The highest BCUT2D eigenvalue weighted by atomic mass is 19.1. The number of halogens is 2. The van der Waals surface area contributed by atoms with Crippen LogP contribution in [0.25, 0.3) is 0 Å². The highest BCUT2D eigenvalue weighted by Crippen LogP contribution is 2.42. The Hall–Kier alpha value is -0.960. The van der Waals surface area contributed by atoms with Crippen LogP contribution in [0.4, 0.5) is 8.78 Å². The van der Waals surface area contributed by atoms with E-state index in [4.69, 9.17) is 0 Å². The summed E-state index contributed by atoms with van der Waals surface area (Å²) in [6, 6.07) is 4.08. The number of hydrogen-bond acceptors (Lipinski definition) is 1. The molecule has 2 aliphatic rings. The van der Waals surface area contributed by atoms with E-state index >= 15 is 0 Å². The van der Waals surface area contributed by atoms with Crippen molar-refractivity contribution in [2.75, 3.05) is 13.1 Å². The Morgan fingerprint density at radius 1 is 1.05 bits per heavy atom. The van der Waals surface area contributed by atoms with Crippen molar-refractivity contribution in [1.29, 1.82) is 0 Å². The summed E-state index contributed by atoms with van der Waals surface area (Å²) in [5, 5.41) is 3.45. The first-order chi connectivity index (χ1) is 9.25. The molecule has 3 rings (SSSR count). The van der Waals surface area contributed by atoms with Gasteiger partial charge in [0.05, 0.1) is 0 Å². The zero-order chi connectivity index (χ0) is 13.2. The molecule has 1 N–H and O–H groups in total. The first kappa shape index (κ1) is 13.0. The van der Waals surface area contributed by atoms with Crippen molar-refractivity contribution in [3.63, 3.8) is 0 Å². The predicted molar refractivity (Wildman–Crippen MR) is 72.0 cm³/mol. The van der Waals surface area contributed by atoms with Gasteiger partial charge in [-0.2, -0.15) is 0 Å². The summed E-state index contributed by atoms with van der Waals surface area (Å²) >= 11 is 0. The van der Waals surface area contributed by atoms with Gasteiger partial charge in [0.1, 0.15) is 11.6 Å². The van der Waals surface area contributed by atoms with Gasteiger partial charge >= 0.3 is 0 Å². The van der Waals surface area contributed by atoms with Crippen LogP contribution < -0.4 is 5.32 Å². The number of rotatable bonds is 2. The Labute approximate surface area is 113 Å². The van der Waals surface area contributed by atoms with Crippen LogP contribution in [-0.2, 0) is 0 Å². The Morgan fingerprint density at radius 2 is 1.84 bits per heavy atom. The highest BCUT2D eigenvalue weighted by Gasteiger charge is 2.35. The monoisotopic (exact) mass is 265 g/mol. The lowest BCUT2D eigenvalue weighted by Gasteiger charge is -2.36. The minimum Gasteiger partial charge on any atom is -0.316 e. The van der Waals surface area contributed by atoms with E-state index in [1.807, 2.05) is 0 Å². The van der Waals surface area contributed by atoms with Gasteiger partial charge in [0.15, 0.2) is 0 Å². The van der Waals surface area contributed by atoms with Crippen LogP contribution in [0.2, 0.25) is 0 Å². The summed E-state index contributed by atoms with van der Waals surface area (Å²) in [6.45, 7) is 1.91. The first-order valence-electron chi connectivity index (χ1n) is 7.41. The Kier molecular flexibility index (Phi) is 3.83. The van der Waals surface area contributed by atoms with Crippen LogP contribution in [0.3, 0.4) is 0 Å². The largest absolute Gasteiger partial charge is 0.316 e. The lowest BCUT2D eigenvalue weighted by molar-refractivity contribution is 0.227. The summed E-state index contributed by atoms with van der Waals surface area (Å²) in [5.41, 5.74) is 0.722. The SMILES string of the molecule is Fc1ccc(C2CCNCC2C2CCCC2)c(F)c1. The van der Waals surface area contributed by atoms with Crippen LogP contribution in [0, 0.1) is 23.5 Å². The van der Waals surface area contributed by atoms with Crippen LogP contribution in [-0.4, -0.2) is 13.1 Å². The molecular weight excluding hydrogens is 244 g/mol. The van der Waals surface area contributed by atoms with Gasteiger partial charge in [0.25, 0.3) is 0 Å². The molecule has 19 heavy (non-hydrogen) atoms. The number of piperidine rings is 1. The zero-order valence-corrected chi connectivity index (χ0v) is 11.2. The molecule has 1 nitrogen and oxygen atoms in total.